The molecule has 2 amide bonds. The van der Waals surface area contributed by atoms with Gasteiger partial charge in [-0.15, -0.1) is 0 Å². The number of nitrogens with one attached hydrogen (secondary N) is 1. The molecule has 6 heteroatoms. The lowest BCUT2D eigenvalue weighted by Gasteiger charge is -2.08. The van der Waals surface area contributed by atoms with Crippen molar-refractivity contribution in [3.8, 4) is 5.75 Å². The van der Waals surface area contributed by atoms with E-state index in [2.05, 4.69) is 5.32 Å². The summed E-state index contributed by atoms with van der Waals surface area (Å²) in [5.41, 5.74) is 7.35. The lowest BCUT2D eigenvalue weighted by atomic mass is 10.2. The SMILES string of the molecule is NC(=O)c1ccc[n+](CC(=O)Nc2ccc(OCc3ccccc3)cc2)c1. The molecule has 0 saturated heterocycles. The summed E-state index contributed by atoms with van der Waals surface area (Å²) in [4.78, 5) is 23.4. The van der Waals surface area contributed by atoms with E-state index in [1.54, 1.807) is 53.4 Å². The van der Waals surface area contributed by atoms with E-state index in [-0.39, 0.29) is 12.5 Å². The molecule has 0 saturated carbocycles. The van der Waals surface area contributed by atoms with Gasteiger partial charge in [-0.3, -0.25) is 9.59 Å². The molecule has 0 atom stereocenters. The molecule has 1 heterocycles. The number of aromatic nitrogens is 1. The highest BCUT2D eigenvalue weighted by Crippen LogP contribution is 2.17. The molecule has 0 radical (unpaired) electrons. The first-order valence-electron chi connectivity index (χ1n) is 8.46. The van der Waals surface area contributed by atoms with Crippen LogP contribution in [-0.2, 0) is 17.9 Å². The number of ether oxygens (including phenoxy) is 1. The quantitative estimate of drug-likeness (QED) is 0.633. The molecule has 0 aliphatic carbocycles. The highest BCUT2D eigenvalue weighted by atomic mass is 16.5. The second-order valence-corrected chi connectivity index (χ2v) is 5.98. The molecule has 0 aliphatic rings. The number of carbonyl (C=O) groups is 2. The van der Waals surface area contributed by atoms with Gasteiger partial charge in [0.1, 0.15) is 17.9 Å². The topological polar surface area (TPSA) is 85.3 Å². The van der Waals surface area contributed by atoms with Crippen molar-refractivity contribution in [1.82, 2.24) is 0 Å². The Kier molecular flexibility index (Phi) is 5.79. The van der Waals surface area contributed by atoms with Gasteiger partial charge in [-0.05, 0) is 35.9 Å². The van der Waals surface area contributed by atoms with Crippen LogP contribution in [0.25, 0.3) is 0 Å². The molecular weight excluding hydrogens is 342 g/mol. The minimum absolute atomic E-state index is 0.0768. The van der Waals surface area contributed by atoms with Crippen LogP contribution in [0.3, 0.4) is 0 Å². The Morgan fingerprint density at radius 1 is 0.963 bits per heavy atom. The van der Waals surface area contributed by atoms with Gasteiger partial charge in [0.25, 0.3) is 11.8 Å². The predicted octanol–water partition coefficient (Wildman–Crippen LogP) is 2.29. The van der Waals surface area contributed by atoms with E-state index in [4.69, 9.17) is 10.5 Å². The van der Waals surface area contributed by atoms with Crippen molar-refractivity contribution in [2.24, 2.45) is 5.73 Å². The minimum Gasteiger partial charge on any atom is -0.489 e. The number of amides is 2. The van der Waals surface area contributed by atoms with E-state index in [0.29, 0.717) is 17.9 Å². The van der Waals surface area contributed by atoms with Gasteiger partial charge in [-0.2, -0.15) is 4.57 Å². The minimum atomic E-state index is -0.532. The monoisotopic (exact) mass is 362 g/mol. The van der Waals surface area contributed by atoms with Crippen molar-refractivity contribution in [3.05, 3.63) is 90.3 Å². The first-order chi connectivity index (χ1) is 13.1. The number of nitrogens with zero attached hydrogens (tertiary/aromatic N) is 1. The summed E-state index contributed by atoms with van der Waals surface area (Å²) in [6.07, 6.45) is 3.25. The van der Waals surface area contributed by atoms with Crippen LogP contribution in [0.4, 0.5) is 5.69 Å². The Bertz CT molecular complexity index is 925. The zero-order valence-corrected chi connectivity index (χ0v) is 14.7. The van der Waals surface area contributed by atoms with Crippen LogP contribution < -0.4 is 20.4 Å². The number of hydrogen-bond acceptors (Lipinski definition) is 3. The smallest absolute Gasteiger partial charge is 0.290 e. The van der Waals surface area contributed by atoms with E-state index in [1.807, 2.05) is 30.3 Å². The average molecular weight is 362 g/mol. The molecule has 0 bridgehead atoms. The van der Waals surface area contributed by atoms with Crippen LogP contribution in [0.5, 0.6) is 5.75 Å². The van der Waals surface area contributed by atoms with Gasteiger partial charge in [0.05, 0.1) is 0 Å². The van der Waals surface area contributed by atoms with Crippen LogP contribution in [0.1, 0.15) is 15.9 Å². The first kappa shape index (κ1) is 18.1. The molecule has 0 aliphatic heterocycles. The second kappa shape index (κ2) is 8.62. The van der Waals surface area contributed by atoms with E-state index in [0.717, 1.165) is 11.3 Å². The molecule has 136 valence electrons. The summed E-state index contributed by atoms with van der Waals surface area (Å²) >= 11 is 0. The van der Waals surface area contributed by atoms with Gasteiger partial charge in [-0.1, -0.05) is 30.3 Å². The van der Waals surface area contributed by atoms with Crippen LogP contribution in [0.2, 0.25) is 0 Å². The first-order valence-corrected chi connectivity index (χ1v) is 8.46. The molecule has 27 heavy (non-hydrogen) atoms. The van der Waals surface area contributed by atoms with E-state index < -0.39 is 5.91 Å². The standard InChI is InChI=1S/C21H19N3O3/c22-21(26)17-7-4-12-24(13-17)14-20(25)23-18-8-10-19(11-9-18)27-15-16-5-2-1-3-6-16/h1-13H,14-15H2,(H2-,22,23,25,26)/p+1. The van der Waals surface area contributed by atoms with Crippen LogP contribution >= 0.6 is 0 Å². The van der Waals surface area contributed by atoms with Crippen LogP contribution in [0, 0.1) is 0 Å². The molecule has 3 aromatic rings. The van der Waals surface area contributed by atoms with Gasteiger partial charge in [-0.25, -0.2) is 0 Å². The van der Waals surface area contributed by atoms with Crippen LogP contribution in [-0.4, -0.2) is 11.8 Å². The summed E-state index contributed by atoms with van der Waals surface area (Å²) < 4.78 is 7.33. The number of anilines is 1. The number of hydrogen-bond donors (Lipinski definition) is 2. The fraction of sp³-hybridized carbons (Fsp3) is 0.0952. The van der Waals surface area contributed by atoms with E-state index >= 15 is 0 Å². The summed E-state index contributed by atoms with van der Waals surface area (Å²) in [5.74, 6) is -0.0178. The molecule has 0 fully saturated rings. The number of primary amides is 1. The number of pyridine rings is 1. The third-order valence-corrected chi connectivity index (χ3v) is 3.86. The highest BCUT2D eigenvalue weighted by molar-refractivity contribution is 5.92. The molecule has 3 N–H and O–H groups in total. The zero-order valence-electron chi connectivity index (χ0n) is 14.7. The molecule has 1 aromatic heterocycles. The molecule has 0 spiro atoms. The Morgan fingerprint density at radius 3 is 2.41 bits per heavy atom. The van der Waals surface area contributed by atoms with E-state index in [1.165, 1.54) is 0 Å². The number of nitrogens with two attached hydrogens (primary N) is 1. The molecule has 0 unspecified atom stereocenters. The maximum absolute atomic E-state index is 12.2. The van der Waals surface area contributed by atoms with Crippen molar-refractivity contribution in [2.45, 2.75) is 13.2 Å². The Labute approximate surface area is 157 Å². The fourth-order valence-electron chi connectivity index (χ4n) is 2.51. The Balaban J connectivity index is 1.54. The molecule has 6 nitrogen and oxygen atoms in total. The van der Waals surface area contributed by atoms with Gasteiger partial charge >= 0.3 is 0 Å². The van der Waals surface area contributed by atoms with Gasteiger partial charge < -0.3 is 15.8 Å². The summed E-state index contributed by atoms with van der Waals surface area (Å²) in [6.45, 7) is 0.562. The van der Waals surface area contributed by atoms with Crippen molar-refractivity contribution in [1.29, 1.82) is 0 Å². The normalized spacial score (nSPS) is 10.2. The maximum Gasteiger partial charge on any atom is 0.290 e. The fourth-order valence-corrected chi connectivity index (χ4v) is 2.51. The number of rotatable bonds is 7. The van der Waals surface area contributed by atoms with Crippen LogP contribution in [0.15, 0.2) is 79.1 Å². The summed E-state index contributed by atoms with van der Waals surface area (Å²) in [5, 5.41) is 2.81. The van der Waals surface area contributed by atoms with Gasteiger partial charge in [0, 0.05) is 11.8 Å². The summed E-state index contributed by atoms with van der Waals surface area (Å²) in [7, 11) is 0. The third-order valence-electron chi connectivity index (χ3n) is 3.86. The summed E-state index contributed by atoms with van der Waals surface area (Å²) in [6, 6.07) is 20.3. The van der Waals surface area contributed by atoms with E-state index in [9.17, 15) is 9.59 Å². The third kappa shape index (κ3) is 5.40. The van der Waals surface area contributed by atoms with Crippen molar-refractivity contribution in [2.75, 3.05) is 5.32 Å². The molecular formula is C21H20N3O3+. The van der Waals surface area contributed by atoms with Crippen molar-refractivity contribution in [3.63, 3.8) is 0 Å². The second-order valence-electron chi connectivity index (χ2n) is 5.98. The predicted molar refractivity (Wildman–Crippen MR) is 101 cm³/mol. The van der Waals surface area contributed by atoms with Crippen molar-refractivity contribution >= 4 is 17.5 Å². The number of benzene rings is 2. The average Bonchev–Trinajstić information content (AvgIpc) is 2.68. The molecule has 2 aromatic carbocycles. The Morgan fingerprint density at radius 2 is 1.70 bits per heavy atom. The Hall–Kier alpha value is -3.67. The van der Waals surface area contributed by atoms with Crippen molar-refractivity contribution < 1.29 is 18.9 Å². The number of carbonyl (C=O) groups excluding carboxylic acids is 2. The highest BCUT2D eigenvalue weighted by Gasteiger charge is 2.12. The lowest BCUT2D eigenvalue weighted by Crippen LogP contribution is -2.40. The van der Waals surface area contributed by atoms with Gasteiger partial charge in [0.2, 0.25) is 6.54 Å². The maximum atomic E-state index is 12.2. The molecule has 3 rings (SSSR count). The largest absolute Gasteiger partial charge is 0.489 e. The van der Waals surface area contributed by atoms with Gasteiger partial charge in [0.15, 0.2) is 12.4 Å². The zero-order chi connectivity index (χ0) is 19.1. The lowest BCUT2D eigenvalue weighted by molar-refractivity contribution is -0.684.